The van der Waals surface area contributed by atoms with Crippen LogP contribution < -0.4 is 0 Å². The summed E-state index contributed by atoms with van der Waals surface area (Å²) in [5.74, 6) is 3.30. The van der Waals surface area contributed by atoms with Crippen molar-refractivity contribution in [2.24, 2.45) is 0 Å². The second-order valence-corrected chi connectivity index (χ2v) is 5.01. The molecule has 2 rings (SSSR count). The van der Waals surface area contributed by atoms with Crippen LogP contribution in [0.25, 0.3) is 0 Å². The molecule has 76 valence electrons. The van der Waals surface area contributed by atoms with Gasteiger partial charge in [0.15, 0.2) is 0 Å². The van der Waals surface area contributed by atoms with Crippen LogP contribution >= 0.6 is 11.8 Å². The monoisotopic (exact) mass is 208 g/mol. The Bertz CT molecular complexity index is 292. The Morgan fingerprint density at radius 1 is 1.29 bits per heavy atom. The first-order valence-electron chi connectivity index (χ1n) is 5.17. The van der Waals surface area contributed by atoms with Gasteiger partial charge in [0, 0.05) is 0 Å². The Kier molecular flexibility index (Phi) is 3.49. The third kappa shape index (κ3) is 2.31. The molecule has 0 amide bonds. The normalized spacial score (nSPS) is 18.4. The van der Waals surface area contributed by atoms with Gasteiger partial charge in [-0.2, -0.15) is 11.8 Å². The second-order valence-electron chi connectivity index (χ2n) is 3.79. The molecule has 0 atom stereocenters. The second kappa shape index (κ2) is 4.85. The minimum absolute atomic E-state index is 0.162. The van der Waals surface area contributed by atoms with E-state index >= 15 is 0 Å². The van der Waals surface area contributed by atoms with Crippen molar-refractivity contribution in [3.8, 4) is 0 Å². The number of thioether (sulfide) groups is 1. The topological polar surface area (TPSA) is 20.2 Å². The van der Waals surface area contributed by atoms with Gasteiger partial charge in [0.05, 0.1) is 6.61 Å². The van der Waals surface area contributed by atoms with Crippen molar-refractivity contribution >= 4 is 11.8 Å². The maximum absolute atomic E-state index is 9.06. The highest BCUT2D eigenvalue weighted by Gasteiger charge is 2.15. The molecule has 1 saturated heterocycles. The van der Waals surface area contributed by atoms with Gasteiger partial charge in [-0.25, -0.2) is 0 Å². The van der Waals surface area contributed by atoms with Crippen molar-refractivity contribution in [2.75, 3.05) is 11.5 Å². The summed E-state index contributed by atoms with van der Waals surface area (Å²) in [4.78, 5) is 0. The fourth-order valence-corrected chi connectivity index (χ4v) is 3.08. The predicted octanol–water partition coefficient (Wildman–Crippen LogP) is 2.79. The summed E-state index contributed by atoms with van der Waals surface area (Å²) in [6.07, 6.45) is 2.58. The Hall–Kier alpha value is -0.470. The van der Waals surface area contributed by atoms with Gasteiger partial charge in [-0.1, -0.05) is 24.3 Å². The minimum atomic E-state index is 0.162. The summed E-state index contributed by atoms with van der Waals surface area (Å²) in [5, 5.41) is 9.06. The lowest BCUT2D eigenvalue weighted by Gasteiger charge is -2.22. The molecule has 1 fully saturated rings. The summed E-state index contributed by atoms with van der Waals surface area (Å²) in [6, 6.07) is 8.39. The summed E-state index contributed by atoms with van der Waals surface area (Å²) in [7, 11) is 0. The average Bonchev–Trinajstić information content (AvgIpc) is 2.30. The van der Waals surface area contributed by atoms with Crippen molar-refractivity contribution in [3.63, 3.8) is 0 Å². The van der Waals surface area contributed by atoms with Crippen LogP contribution in [0.2, 0.25) is 0 Å². The van der Waals surface area contributed by atoms with E-state index in [-0.39, 0.29) is 6.61 Å². The molecule has 0 bridgehead atoms. The van der Waals surface area contributed by atoms with E-state index in [1.54, 1.807) is 0 Å². The number of hydrogen-bond donors (Lipinski definition) is 1. The van der Waals surface area contributed by atoms with E-state index in [4.69, 9.17) is 5.11 Å². The van der Waals surface area contributed by atoms with Gasteiger partial charge < -0.3 is 5.11 Å². The number of hydrogen-bond acceptors (Lipinski definition) is 2. The lowest BCUT2D eigenvalue weighted by molar-refractivity contribution is 0.281. The van der Waals surface area contributed by atoms with Crippen LogP contribution in [0, 0.1) is 0 Å². The summed E-state index contributed by atoms with van der Waals surface area (Å²) in [5.41, 5.74) is 2.46. The minimum Gasteiger partial charge on any atom is -0.392 e. The molecule has 0 saturated carbocycles. The summed E-state index contributed by atoms with van der Waals surface area (Å²) < 4.78 is 0. The zero-order valence-corrected chi connectivity index (χ0v) is 9.09. The third-order valence-electron chi connectivity index (χ3n) is 2.83. The zero-order valence-electron chi connectivity index (χ0n) is 8.28. The molecule has 0 unspecified atom stereocenters. The first-order valence-corrected chi connectivity index (χ1v) is 6.33. The first kappa shape index (κ1) is 10.1. The van der Waals surface area contributed by atoms with E-state index < -0.39 is 0 Å². The summed E-state index contributed by atoms with van der Waals surface area (Å²) >= 11 is 2.05. The summed E-state index contributed by atoms with van der Waals surface area (Å²) in [6.45, 7) is 0.162. The third-order valence-corrected chi connectivity index (χ3v) is 3.88. The van der Waals surface area contributed by atoms with E-state index in [9.17, 15) is 0 Å². The van der Waals surface area contributed by atoms with Crippen LogP contribution in [0.3, 0.4) is 0 Å². The average molecular weight is 208 g/mol. The molecule has 1 aromatic carbocycles. The standard InChI is InChI=1S/C12H16OS/c13-9-10-2-1-3-12(8-10)11-4-6-14-7-5-11/h1-3,8,11,13H,4-7,9H2. The maximum atomic E-state index is 9.06. The molecule has 1 aliphatic rings. The van der Waals surface area contributed by atoms with Crippen LogP contribution in [0.15, 0.2) is 24.3 Å². The maximum Gasteiger partial charge on any atom is 0.0681 e. The molecule has 2 heteroatoms. The number of rotatable bonds is 2. The highest BCUT2D eigenvalue weighted by Crippen LogP contribution is 2.31. The van der Waals surface area contributed by atoms with Crippen molar-refractivity contribution in [1.82, 2.24) is 0 Å². The first-order chi connectivity index (χ1) is 6.90. The zero-order chi connectivity index (χ0) is 9.80. The molecule has 0 aliphatic carbocycles. The molecular formula is C12H16OS. The number of benzene rings is 1. The van der Waals surface area contributed by atoms with Crippen LogP contribution in [-0.2, 0) is 6.61 Å². The van der Waals surface area contributed by atoms with Crippen LogP contribution in [-0.4, -0.2) is 16.6 Å². The van der Waals surface area contributed by atoms with Gasteiger partial charge in [0.25, 0.3) is 0 Å². The number of aliphatic hydroxyl groups is 1. The van der Waals surface area contributed by atoms with E-state index in [0.717, 1.165) is 11.5 Å². The van der Waals surface area contributed by atoms with E-state index in [0.29, 0.717) is 0 Å². The van der Waals surface area contributed by atoms with Crippen molar-refractivity contribution < 1.29 is 5.11 Å². The van der Waals surface area contributed by atoms with E-state index in [2.05, 4.69) is 30.0 Å². The molecule has 0 spiro atoms. The lowest BCUT2D eigenvalue weighted by Crippen LogP contribution is -2.07. The van der Waals surface area contributed by atoms with Crippen LogP contribution in [0.1, 0.15) is 29.9 Å². The smallest absolute Gasteiger partial charge is 0.0681 e. The van der Waals surface area contributed by atoms with Gasteiger partial charge in [-0.15, -0.1) is 0 Å². The Morgan fingerprint density at radius 3 is 2.79 bits per heavy atom. The van der Waals surface area contributed by atoms with Crippen molar-refractivity contribution in [3.05, 3.63) is 35.4 Å². The van der Waals surface area contributed by atoms with Gasteiger partial charge in [-0.05, 0) is 41.4 Å². The highest BCUT2D eigenvalue weighted by atomic mass is 32.2. The molecule has 0 radical (unpaired) electrons. The van der Waals surface area contributed by atoms with Gasteiger partial charge in [0.2, 0.25) is 0 Å². The Labute approximate surface area is 89.5 Å². The molecule has 1 nitrogen and oxygen atoms in total. The quantitative estimate of drug-likeness (QED) is 0.806. The fraction of sp³-hybridized carbons (Fsp3) is 0.500. The number of aliphatic hydroxyl groups excluding tert-OH is 1. The van der Waals surface area contributed by atoms with Crippen molar-refractivity contribution in [1.29, 1.82) is 0 Å². The molecular weight excluding hydrogens is 192 g/mol. The molecule has 1 aliphatic heterocycles. The largest absolute Gasteiger partial charge is 0.392 e. The van der Waals surface area contributed by atoms with Gasteiger partial charge in [0.1, 0.15) is 0 Å². The van der Waals surface area contributed by atoms with Crippen molar-refractivity contribution in [2.45, 2.75) is 25.4 Å². The fourth-order valence-electron chi connectivity index (χ4n) is 1.98. The Balaban J connectivity index is 2.13. The molecule has 14 heavy (non-hydrogen) atoms. The van der Waals surface area contributed by atoms with Gasteiger partial charge in [-0.3, -0.25) is 0 Å². The molecule has 1 heterocycles. The SMILES string of the molecule is OCc1cccc(C2CCSCC2)c1. The van der Waals surface area contributed by atoms with Crippen LogP contribution in [0.5, 0.6) is 0 Å². The van der Waals surface area contributed by atoms with E-state index in [1.807, 2.05) is 6.07 Å². The molecule has 1 aromatic rings. The predicted molar refractivity (Wildman–Crippen MR) is 61.7 cm³/mol. The lowest BCUT2D eigenvalue weighted by atomic mass is 9.92. The molecule has 1 N–H and O–H groups in total. The van der Waals surface area contributed by atoms with Gasteiger partial charge >= 0.3 is 0 Å². The van der Waals surface area contributed by atoms with E-state index in [1.165, 1.54) is 29.9 Å². The Morgan fingerprint density at radius 2 is 2.07 bits per heavy atom. The van der Waals surface area contributed by atoms with Crippen LogP contribution in [0.4, 0.5) is 0 Å². The highest BCUT2D eigenvalue weighted by molar-refractivity contribution is 7.99. The molecule has 0 aromatic heterocycles.